The molecular weight excluding hydrogens is 226 g/mol. The first-order valence-corrected chi connectivity index (χ1v) is 6.27. The molecule has 1 aromatic carbocycles. The van der Waals surface area contributed by atoms with Gasteiger partial charge in [-0.2, -0.15) is 0 Å². The molecule has 0 spiro atoms. The third kappa shape index (κ3) is 1.65. The molecule has 1 fully saturated rings. The van der Waals surface area contributed by atoms with Crippen molar-refractivity contribution in [3.63, 3.8) is 0 Å². The van der Waals surface area contributed by atoms with E-state index in [0.29, 0.717) is 0 Å². The van der Waals surface area contributed by atoms with Gasteiger partial charge in [0.2, 0.25) is 0 Å². The second kappa shape index (κ2) is 4.37. The standard InChI is InChI=1S/C14H17N3O/c1-18-12-5-4-11(15)13-10(12)6-7-16-14(13)17-8-2-3-9-17/h4-7H,2-3,8-9,15H2,1H3. The van der Waals surface area contributed by atoms with E-state index in [1.807, 2.05) is 24.4 Å². The molecule has 1 aromatic heterocycles. The molecule has 94 valence electrons. The molecule has 1 saturated heterocycles. The van der Waals surface area contributed by atoms with Gasteiger partial charge in [0.1, 0.15) is 11.6 Å². The van der Waals surface area contributed by atoms with Crippen LogP contribution in [0.4, 0.5) is 11.5 Å². The number of ether oxygens (including phenoxy) is 1. The zero-order chi connectivity index (χ0) is 12.5. The predicted molar refractivity (Wildman–Crippen MR) is 74.2 cm³/mol. The minimum atomic E-state index is 0.765. The molecule has 0 unspecified atom stereocenters. The molecule has 4 heteroatoms. The molecule has 18 heavy (non-hydrogen) atoms. The van der Waals surface area contributed by atoms with Crippen molar-refractivity contribution in [1.29, 1.82) is 0 Å². The molecule has 0 saturated carbocycles. The number of anilines is 2. The van der Waals surface area contributed by atoms with Gasteiger partial charge in [0.25, 0.3) is 0 Å². The van der Waals surface area contributed by atoms with Crippen LogP contribution in [0.3, 0.4) is 0 Å². The van der Waals surface area contributed by atoms with Gasteiger partial charge < -0.3 is 15.4 Å². The Kier molecular flexibility index (Phi) is 2.70. The summed E-state index contributed by atoms with van der Waals surface area (Å²) in [5.74, 6) is 1.84. The van der Waals surface area contributed by atoms with Crippen LogP contribution in [0.2, 0.25) is 0 Å². The average molecular weight is 243 g/mol. The van der Waals surface area contributed by atoms with Crippen LogP contribution in [0.1, 0.15) is 12.8 Å². The number of methoxy groups -OCH3 is 1. The van der Waals surface area contributed by atoms with E-state index in [0.717, 1.165) is 41.1 Å². The van der Waals surface area contributed by atoms with E-state index in [1.165, 1.54) is 12.8 Å². The van der Waals surface area contributed by atoms with E-state index < -0.39 is 0 Å². The number of nitrogens with zero attached hydrogens (tertiary/aromatic N) is 2. The molecule has 3 rings (SSSR count). The molecule has 1 aliphatic heterocycles. The molecule has 2 aromatic rings. The number of rotatable bonds is 2. The summed E-state index contributed by atoms with van der Waals surface area (Å²) in [5.41, 5.74) is 6.89. The van der Waals surface area contributed by atoms with Gasteiger partial charge >= 0.3 is 0 Å². The minimum absolute atomic E-state index is 0.765. The minimum Gasteiger partial charge on any atom is -0.496 e. The Morgan fingerprint density at radius 3 is 2.72 bits per heavy atom. The smallest absolute Gasteiger partial charge is 0.138 e. The van der Waals surface area contributed by atoms with Crippen LogP contribution < -0.4 is 15.4 Å². The fourth-order valence-corrected chi connectivity index (χ4v) is 2.63. The fourth-order valence-electron chi connectivity index (χ4n) is 2.63. The van der Waals surface area contributed by atoms with Crippen molar-refractivity contribution in [2.24, 2.45) is 0 Å². The molecule has 1 aliphatic rings. The first-order chi connectivity index (χ1) is 8.81. The van der Waals surface area contributed by atoms with Gasteiger partial charge in [-0.1, -0.05) is 0 Å². The van der Waals surface area contributed by atoms with Crippen molar-refractivity contribution < 1.29 is 4.74 Å². The van der Waals surface area contributed by atoms with Crippen molar-refractivity contribution in [2.45, 2.75) is 12.8 Å². The summed E-state index contributed by atoms with van der Waals surface area (Å²) >= 11 is 0. The number of pyridine rings is 1. The molecule has 0 atom stereocenters. The van der Waals surface area contributed by atoms with Crippen LogP contribution in [-0.4, -0.2) is 25.2 Å². The summed E-state index contributed by atoms with van der Waals surface area (Å²) < 4.78 is 5.40. The molecule has 0 radical (unpaired) electrons. The van der Waals surface area contributed by atoms with E-state index >= 15 is 0 Å². The van der Waals surface area contributed by atoms with Crippen molar-refractivity contribution in [2.75, 3.05) is 30.8 Å². The summed E-state index contributed by atoms with van der Waals surface area (Å²) in [5, 5.41) is 2.05. The average Bonchev–Trinajstić information content (AvgIpc) is 2.92. The Labute approximate surface area is 106 Å². The quantitative estimate of drug-likeness (QED) is 0.823. The van der Waals surface area contributed by atoms with Crippen LogP contribution in [0.5, 0.6) is 5.75 Å². The number of fused-ring (bicyclic) bond motifs is 1. The monoisotopic (exact) mass is 243 g/mol. The highest BCUT2D eigenvalue weighted by molar-refractivity contribution is 6.04. The van der Waals surface area contributed by atoms with Crippen LogP contribution >= 0.6 is 0 Å². The highest BCUT2D eigenvalue weighted by atomic mass is 16.5. The Balaban J connectivity index is 2.25. The molecule has 0 amide bonds. The number of nitrogen functional groups attached to an aromatic ring is 1. The molecule has 0 bridgehead atoms. The van der Waals surface area contributed by atoms with Gasteiger partial charge in [-0.05, 0) is 31.0 Å². The third-order valence-electron chi connectivity index (χ3n) is 3.52. The molecular formula is C14H17N3O. The lowest BCUT2D eigenvalue weighted by atomic mass is 10.1. The van der Waals surface area contributed by atoms with Crippen molar-refractivity contribution in [1.82, 2.24) is 4.98 Å². The van der Waals surface area contributed by atoms with Crippen molar-refractivity contribution >= 4 is 22.3 Å². The largest absolute Gasteiger partial charge is 0.496 e. The van der Waals surface area contributed by atoms with Crippen LogP contribution in [0, 0.1) is 0 Å². The van der Waals surface area contributed by atoms with Gasteiger partial charge in [0, 0.05) is 30.4 Å². The Morgan fingerprint density at radius 1 is 1.22 bits per heavy atom. The zero-order valence-electron chi connectivity index (χ0n) is 10.5. The van der Waals surface area contributed by atoms with Crippen LogP contribution in [-0.2, 0) is 0 Å². The van der Waals surface area contributed by atoms with Gasteiger partial charge in [0.05, 0.1) is 12.5 Å². The van der Waals surface area contributed by atoms with Crippen LogP contribution in [0.25, 0.3) is 10.8 Å². The SMILES string of the molecule is COc1ccc(N)c2c(N3CCCC3)nccc12. The summed E-state index contributed by atoms with van der Waals surface area (Å²) in [4.78, 5) is 6.82. The molecule has 2 heterocycles. The number of hydrogen-bond donors (Lipinski definition) is 1. The van der Waals surface area contributed by atoms with Gasteiger partial charge in [0.15, 0.2) is 0 Å². The second-order valence-corrected chi connectivity index (χ2v) is 4.61. The maximum absolute atomic E-state index is 6.13. The second-order valence-electron chi connectivity index (χ2n) is 4.61. The predicted octanol–water partition coefficient (Wildman–Crippen LogP) is 2.43. The van der Waals surface area contributed by atoms with Gasteiger partial charge in [-0.3, -0.25) is 0 Å². The maximum Gasteiger partial charge on any atom is 0.138 e. The van der Waals surface area contributed by atoms with Gasteiger partial charge in [-0.15, -0.1) is 0 Å². The molecule has 0 aliphatic carbocycles. The number of aromatic nitrogens is 1. The normalized spacial score (nSPS) is 15.3. The lowest BCUT2D eigenvalue weighted by Gasteiger charge is -2.20. The fraction of sp³-hybridized carbons (Fsp3) is 0.357. The zero-order valence-corrected chi connectivity index (χ0v) is 10.5. The summed E-state index contributed by atoms with van der Waals surface area (Å²) in [6, 6.07) is 5.76. The van der Waals surface area contributed by atoms with Crippen molar-refractivity contribution in [3.05, 3.63) is 24.4 Å². The highest BCUT2D eigenvalue weighted by Crippen LogP contribution is 2.36. The first-order valence-electron chi connectivity index (χ1n) is 6.27. The Hall–Kier alpha value is -1.97. The van der Waals surface area contributed by atoms with E-state index in [-0.39, 0.29) is 0 Å². The molecule has 2 N–H and O–H groups in total. The first kappa shape index (κ1) is 11.1. The highest BCUT2D eigenvalue weighted by Gasteiger charge is 2.18. The third-order valence-corrected chi connectivity index (χ3v) is 3.52. The Bertz CT molecular complexity index is 577. The number of nitrogens with two attached hydrogens (primary N) is 1. The summed E-state index contributed by atoms with van der Waals surface area (Å²) in [6.45, 7) is 2.12. The maximum atomic E-state index is 6.13. The number of hydrogen-bond acceptors (Lipinski definition) is 4. The lowest BCUT2D eigenvalue weighted by Crippen LogP contribution is -2.19. The van der Waals surface area contributed by atoms with Crippen LogP contribution in [0.15, 0.2) is 24.4 Å². The van der Waals surface area contributed by atoms with E-state index in [4.69, 9.17) is 10.5 Å². The Morgan fingerprint density at radius 2 is 2.00 bits per heavy atom. The van der Waals surface area contributed by atoms with E-state index in [9.17, 15) is 0 Å². The lowest BCUT2D eigenvalue weighted by molar-refractivity contribution is 0.420. The summed E-state index contributed by atoms with van der Waals surface area (Å²) in [6.07, 6.45) is 4.28. The topological polar surface area (TPSA) is 51.4 Å². The van der Waals surface area contributed by atoms with E-state index in [2.05, 4.69) is 9.88 Å². The van der Waals surface area contributed by atoms with E-state index in [1.54, 1.807) is 7.11 Å². The molecule has 4 nitrogen and oxygen atoms in total. The van der Waals surface area contributed by atoms with Gasteiger partial charge in [-0.25, -0.2) is 4.98 Å². The summed E-state index contributed by atoms with van der Waals surface area (Å²) in [7, 11) is 1.68. The van der Waals surface area contributed by atoms with Crippen molar-refractivity contribution in [3.8, 4) is 5.75 Å². The number of benzene rings is 1.